The van der Waals surface area contributed by atoms with Gasteiger partial charge in [0.05, 0.1) is 6.20 Å². The predicted molar refractivity (Wildman–Crippen MR) is 105 cm³/mol. The van der Waals surface area contributed by atoms with E-state index in [9.17, 15) is 4.39 Å². The lowest BCUT2D eigenvalue weighted by molar-refractivity contribution is 0.254. The minimum absolute atomic E-state index is 0. The van der Waals surface area contributed by atoms with Gasteiger partial charge >= 0.3 is 0 Å². The van der Waals surface area contributed by atoms with Crippen LogP contribution >= 0.6 is 24.8 Å². The minimum atomic E-state index is -0.140. The summed E-state index contributed by atoms with van der Waals surface area (Å²) < 4.78 is 14.5. The molecule has 2 aromatic rings. The van der Waals surface area contributed by atoms with E-state index in [0.29, 0.717) is 11.8 Å². The zero-order valence-electron chi connectivity index (χ0n) is 14.6. The second-order valence-corrected chi connectivity index (χ2v) is 7.11. The Morgan fingerprint density at radius 2 is 1.76 bits per heavy atom. The van der Waals surface area contributed by atoms with Crippen LogP contribution in [0.25, 0.3) is 11.0 Å². The highest BCUT2D eigenvalue weighted by Crippen LogP contribution is 2.35. The van der Waals surface area contributed by atoms with E-state index in [1.165, 1.54) is 11.9 Å². The lowest BCUT2D eigenvalue weighted by Gasteiger charge is -2.28. The maximum atomic E-state index is 14.5. The van der Waals surface area contributed by atoms with Gasteiger partial charge in [0, 0.05) is 22.6 Å². The fraction of sp³-hybridized carbons (Fsp3) is 0.611. The summed E-state index contributed by atoms with van der Waals surface area (Å²) in [5.74, 6) is 0.713. The monoisotopic (exact) mass is 388 g/mol. The molecule has 0 aromatic carbocycles. The van der Waals surface area contributed by atoms with Crippen molar-refractivity contribution in [1.29, 1.82) is 0 Å². The Labute approximate surface area is 160 Å². The number of likely N-dealkylation sites (tertiary alicyclic amines) is 1. The molecule has 2 saturated heterocycles. The number of nitrogens with zero attached hydrogens (tertiary/aromatic N) is 2. The number of H-pyrrole nitrogens is 1. The molecule has 0 radical (unpaired) electrons. The van der Waals surface area contributed by atoms with Gasteiger partial charge in [-0.1, -0.05) is 0 Å². The standard InChI is InChI=1S/C18H25FN4.2ClH/c1-23-8-4-12(5-9-23)16-10-14-17(13-2-6-20-7-3-13)15(19)11-21-18(14)22-16;;/h10-13,20H,2-9H2,1H3,(H,21,22);2*1H. The number of hydrogen-bond donors (Lipinski definition) is 2. The van der Waals surface area contributed by atoms with Gasteiger partial charge in [-0.25, -0.2) is 9.37 Å². The molecule has 2 N–H and O–H groups in total. The van der Waals surface area contributed by atoms with Gasteiger partial charge < -0.3 is 15.2 Å². The van der Waals surface area contributed by atoms with Crippen LogP contribution in [0.1, 0.15) is 48.8 Å². The van der Waals surface area contributed by atoms with Gasteiger partial charge in [0.1, 0.15) is 11.5 Å². The number of nitrogens with one attached hydrogen (secondary N) is 2. The molecule has 2 aliphatic heterocycles. The molecule has 0 spiro atoms. The lowest BCUT2D eigenvalue weighted by Crippen LogP contribution is -2.29. The van der Waals surface area contributed by atoms with Crippen LogP contribution in [0, 0.1) is 5.82 Å². The number of piperidine rings is 2. The van der Waals surface area contributed by atoms with E-state index in [2.05, 4.69) is 33.3 Å². The summed E-state index contributed by atoms with van der Waals surface area (Å²) in [5, 5.41) is 4.37. The van der Waals surface area contributed by atoms with Gasteiger partial charge in [-0.15, -0.1) is 24.8 Å². The number of pyridine rings is 1. The van der Waals surface area contributed by atoms with Crippen molar-refractivity contribution in [2.45, 2.75) is 37.5 Å². The van der Waals surface area contributed by atoms with Gasteiger partial charge in [-0.05, 0) is 70.9 Å². The summed E-state index contributed by atoms with van der Waals surface area (Å²) in [6.07, 6.45) is 5.73. The quantitative estimate of drug-likeness (QED) is 0.821. The topological polar surface area (TPSA) is 44.0 Å². The molecule has 0 saturated carbocycles. The number of halogens is 3. The normalized spacial score (nSPS) is 20.2. The van der Waals surface area contributed by atoms with E-state index in [1.807, 2.05) is 0 Å². The van der Waals surface area contributed by atoms with Gasteiger partial charge in [0.25, 0.3) is 0 Å². The highest BCUT2D eigenvalue weighted by Gasteiger charge is 2.25. The van der Waals surface area contributed by atoms with E-state index in [-0.39, 0.29) is 30.6 Å². The summed E-state index contributed by atoms with van der Waals surface area (Å²) in [6.45, 7) is 4.20. The number of fused-ring (bicyclic) bond motifs is 1. The van der Waals surface area contributed by atoms with Crippen LogP contribution in [-0.2, 0) is 0 Å². The number of aromatic nitrogens is 2. The van der Waals surface area contributed by atoms with E-state index < -0.39 is 0 Å². The van der Waals surface area contributed by atoms with Crippen molar-refractivity contribution >= 4 is 35.8 Å². The first-order chi connectivity index (χ1) is 11.2. The third-order valence-corrected chi connectivity index (χ3v) is 5.58. The number of aromatic amines is 1. The van der Waals surface area contributed by atoms with Crippen molar-refractivity contribution in [3.63, 3.8) is 0 Å². The summed E-state index contributed by atoms with van der Waals surface area (Å²) >= 11 is 0. The molecule has 2 fully saturated rings. The van der Waals surface area contributed by atoms with Crippen LogP contribution in [-0.4, -0.2) is 48.1 Å². The minimum Gasteiger partial charge on any atom is -0.343 e. The van der Waals surface area contributed by atoms with Crippen molar-refractivity contribution in [3.8, 4) is 0 Å². The van der Waals surface area contributed by atoms with Crippen LogP contribution in [0.2, 0.25) is 0 Å². The van der Waals surface area contributed by atoms with Crippen molar-refractivity contribution in [1.82, 2.24) is 20.2 Å². The third-order valence-electron chi connectivity index (χ3n) is 5.58. The van der Waals surface area contributed by atoms with E-state index in [1.54, 1.807) is 0 Å². The molecule has 4 heterocycles. The molecule has 0 aliphatic carbocycles. The molecule has 4 nitrogen and oxygen atoms in total. The summed E-state index contributed by atoms with van der Waals surface area (Å²) in [7, 11) is 2.17. The molecule has 4 rings (SSSR count). The molecule has 0 bridgehead atoms. The molecule has 0 amide bonds. The Hall–Kier alpha value is -0.880. The molecule has 2 aliphatic rings. The zero-order chi connectivity index (χ0) is 15.8. The fourth-order valence-electron chi connectivity index (χ4n) is 4.16. The van der Waals surface area contributed by atoms with Crippen molar-refractivity contribution in [2.75, 3.05) is 33.2 Å². The highest BCUT2D eigenvalue weighted by atomic mass is 35.5. The first-order valence-corrected chi connectivity index (χ1v) is 8.78. The second kappa shape index (κ2) is 8.67. The SMILES string of the molecule is CN1CCC(c2cc3c(C4CCNCC4)c(F)cnc3[nH]2)CC1.Cl.Cl. The Balaban J connectivity index is 0.00000113. The molecule has 0 atom stereocenters. The molecule has 0 unspecified atom stereocenters. The van der Waals surface area contributed by atoms with Gasteiger partial charge in [-0.3, -0.25) is 0 Å². The first-order valence-electron chi connectivity index (χ1n) is 8.78. The maximum Gasteiger partial charge on any atom is 0.145 e. The third kappa shape index (κ3) is 4.11. The van der Waals surface area contributed by atoms with Gasteiger partial charge in [-0.2, -0.15) is 0 Å². The summed E-state index contributed by atoms with van der Waals surface area (Å²) in [6, 6.07) is 2.18. The maximum absolute atomic E-state index is 14.5. The number of rotatable bonds is 2. The van der Waals surface area contributed by atoms with Gasteiger partial charge in [0.2, 0.25) is 0 Å². The van der Waals surface area contributed by atoms with Crippen LogP contribution in [0.3, 0.4) is 0 Å². The fourth-order valence-corrected chi connectivity index (χ4v) is 4.16. The molecular formula is C18H27Cl2FN4. The zero-order valence-corrected chi connectivity index (χ0v) is 16.2. The van der Waals surface area contributed by atoms with Gasteiger partial charge in [0.15, 0.2) is 0 Å². The Bertz CT molecular complexity index is 692. The Morgan fingerprint density at radius 3 is 2.44 bits per heavy atom. The molecular weight excluding hydrogens is 362 g/mol. The average molecular weight is 389 g/mol. The molecule has 140 valence electrons. The second-order valence-electron chi connectivity index (χ2n) is 7.11. The largest absolute Gasteiger partial charge is 0.343 e. The Kier molecular flexibility index (Phi) is 7.09. The van der Waals surface area contributed by atoms with Crippen molar-refractivity contribution in [3.05, 3.63) is 29.3 Å². The first kappa shape index (κ1) is 20.4. The van der Waals surface area contributed by atoms with Crippen LogP contribution in [0.5, 0.6) is 0 Å². The van der Waals surface area contributed by atoms with E-state index >= 15 is 0 Å². The number of hydrogen-bond acceptors (Lipinski definition) is 3. The van der Waals surface area contributed by atoms with Crippen molar-refractivity contribution < 1.29 is 4.39 Å². The van der Waals surface area contributed by atoms with Crippen LogP contribution in [0.4, 0.5) is 4.39 Å². The smallest absolute Gasteiger partial charge is 0.145 e. The summed E-state index contributed by atoms with van der Waals surface area (Å²) in [5.41, 5.74) is 2.97. The summed E-state index contributed by atoms with van der Waals surface area (Å²) in [4.78, 5) is 10.2. The van der Waals surface area contributed by atoms with E-state index in [0.717, 1.165) is 68.5 Å². The molecule has 25 heavy (non-hydrogen) atoms. The van der Waals surface area contributed by atoms with Crippen LogP contribution in [0.15, 0.2) is 12.3 Å². The van der Waals surface area contributed by atoms with Crippen LogP contribution < -0.4 is 5.32 Å². The molecule has 7 heteroatoms. The van der Waals surface area contributed by atoms with E-state index in [4.69, 9.17) is 0 Å². The Morgan fingerprint density at radius 1 is 1.08 bits per heavy atom. The lowest BCUT2D eigenvalue weighted by atomic mass is 9.88. The highest BCUT2D eigenvalue weighted by molar-refractivity contribution is 5.85. The molecule has 2 aromatic heterocycles. The van der Waals surface area contributed by atoms with Crippen molar-refractivity contribution in [2.24, 2.45) is 0 Å². The predicted octanol–water partition coefficient (Wildman–Crippen LogP) is 3.82. The average Bonchev–Trinajstić information content (AvgIpc) is 3.00.